The van der Waals surface area contributed by atoms with E-state index < -0.39 is 5.54 Å². The molecule has 7 heteroatoms. The molecule has 3 aliphatic rings. The summed E-state index contributed by atoms with van der Waals surface area (Å²) in [6.45, 7) is 6.30. The van der Waals surface area contributed by atoms with Crippen molar-refractivity contribution in [2.45, 2.75) is 63.5 Å². The Labute approximate surface area is 190 Å². The molecule has 1 atom stereocenters. The lowest BCUT2D eigenvalue weighted by Gasteiger charge is -2.35. The lowest BCUT2D eigenvalue weighted by molar-refractivity contribution is -0.127. The maximum Gasteiger partial charge on any atom is 0.255 e. The molecular formula is C25H34N4O3. The number of morpholine rings is 1. The van der Waals surface area contributed by atoms with Gasteiger partial charge < -0.3 is 15.0 Å². The molecule has 1 aromatic heterocycles. The van der Waals surface area contributed by atoms with Crippen molar-refractivity contribution in [3.8, 4) is 11.8 Å². The van der Waals surface area contributed by atoms with Crippen molar-refractivity contribution in [3.05, 3.63) is 29.6 Å². The molecule has 172 valence electrons. The van der Waals surface area contributed by atoms with E-state index in [9.17, 15) is 9.59 Å². The molecule has 0 spiro atoms. The third kappa shape index (κ3) is 5.48. The number of pyridine rings is 1. The standard InChI is InChI=1S/C25H34N4O3/c1-20(28-11-5-6-12-28)23(30)27-25(8-3-2-4-9-25)10-7-21-17-22(19-26-18-21)24(31)29-13-15-32-16-14-29/h17-20H,2-6,8-9,11-16H2,1H3,(H,27,30)/t20-/m1/s1. The van der Waals surface area contributed by atoms with Crippen LogP contribution >= 0.6 is 0 Å². The molecule has 2 saturated heterocycles. The number of carbonyl (C=O) groups is 2. The average Bonchev–Trinajstić information content (AvgIpc) is 3.38. The fourth-order valence-electron chi connectivity index (χ4n) is 4.84. The average molecular weight is 439 g/mol. The summed E-state index contributed by atoms with van der Waals surface area (Å²) in [4.78, 5) is 34.1. The lowest BCUT2D eigenvalue weighted by atomic mass is 9.81. The van der Waals surface area contributed by atoms with Gasteiger partial charge in [-0.05, 0) is 51.8 Å². The van der Waals surface area contributed by atoms with Gasteiger partial charge in [-0.15, -0.1) is 0 Å². The van der Waals surface area contributed by atoms with Crippen LogP contribution in [-0.2, 0) is 9.53 Å². The van der Waals surface area contributed by atoms with Crippen molar-refractivity contribution < 1.29 is 14.3 Å². The fraction of sp³-hybridized carbons (Fsp3) is 0.640. The largest absolute Gasteiger partial charge is 0.378 e. The maximum absolute atomic E-state index is 13.0. The Hall–Kier alpha value is -2.43. The molecule has 3 heterocycles. The second-order valence-electron chi connectivity index (χ2n) is 9.17. The lowest BCUT2D eigenvalue weighted by Crippen LogP contribution is -2.54. The van der Waals surface area contributed by atoms with Gasteiger partial charge in [0.2, 0.25) is 5.91 Å². The van der Waals surface area contributed by atoms with Gasteiger partial charge in [-0.2, -0.15) is 0 Å². The number of ether oxygens (including phenoxy) is 1. The molecule has 0 bridgehead atoms. The summed E-state index contributed by atoms with van der Waals surface area (Å²) in [5.41, 5.74) is 0.743. The number of hydrogen-bond acceptors (Lipinski definition) is 5. The van der Waals surface area contributed by atoms with Gasteiger partial charge in [0.05, 0.1) is 24.8 Å². The zero-order valence-corrected chi connectivity index (χ0v) is 19.1. The van der Waals surface area contributed by atoms with Crippen LogP contribution < -0.4 is 5.32 Å². The zero-order valence-electron chi connectivity index (χ0n) is 19.1. The Balaban J connectivity index is 1.49. The van der Waals surface area contributed by atoms with Gasteiger partial charge >= 0.3 is 0 Å². The van der Waals surface area contributed by atoms with Crippen LogP contribution in [0.25, 0.3) is 0 Å². The molecule has 4 rings (SSSR count). The van der Waals surface area contributed by atoms with E-state index in [-0.39, 0.29) is 17.9 Å². The molecule has 32 heavy (non-hydrogen) atoms. The van der Waals surface area contributed by atoms with Crippen LogP contribution in [0.4, 0.5) is 0 Å². The number of rotatable bonds is 4. The van der Waals surface area contributed by atoms with E-state index in [4.69, 9.17) is 4.74 Å². The van der Waals surface area contributed by atoms with Crippen molar-refractivity contribution >= 4 is 11.8 Å². The molecule has 7 nitrogen and oxygen atoms in total. The highest BCUT2D eigenvalue weighted by Crippen LogP contribution is 2.28. The number of carbonyl (C=O) groups excluding carboxylic acids is 2. The van der Waals surface area contributed by atoms with E-state index in [1.165, 1.54) is 6.42 Å². The van der Waals surface area contributed by atoms with Gasteiger partial charge in [0.1, 0.15) is 5.54 Å². The number of aromatic nitrogens is 1. The topological polar surface area (TPSA) is 74.8 Å². The summed E-state index contributed by atoms with van der Waals surface area (Å²) >= 11 is 0. The number of likely N-dealkylation sites (tertiary alicyclic amines) is 1. The van der Waals surface area contributed by atoms with Crippen LogP contribution in [0.2, 0.25) is 0 Å². The summed E-state index contributed by atoms with van der Waals surface area (Å²) in [6, 6.07) is 1.68. The Morgan fingerprint density at radius 1 is 1.06 bits per heavy atom. The number of nitrogens with zero attached hydrogens (tertiary/aromatic N) is 3. The van der Waals surface area contributed by atoms with E-state index >= 15 is 0 Å². The molecule has 0 unspecified atom stereocenters. The van der Waals surface area contributed by atoms with Crippen LogP contribution in [0.5, 0.6) is 0 Å². The normalized spacial score (nSPS) is 22.0. The van der Waals surface area contributed by atoms with E-state index in [0.29, 0.717) is 37.4 Å². The van der Waals surface area contributed by atoms with E-state index in [2.05, 4.69) is 27.0 Å². The second kappa shape index (κ2) is 10.5. The molecule has 2 amide bonds. The van der Waals surface area contributed by atoms with Crippen molar-refractivity contribution in [3.63, 3.8) is 0 Å². The minimum atomic E-state index is -0.506. The highest BCUT2D eigenvalue weighted by molar-refractivity contribution is 5.94. The molecule has 1 saturated carbocycles. The van der Waals surface area contributed by atoms with Crippen LogP contribution in [0.1, 0.15) is 67.8 Å². The summed E-state index contributed by atoms with van der Waals surface area (Å²) in [6.07, 6.45) is 10.6. The Morgan fingerprint density at radius 3 is 2.50 bits per heavy atom. The second-order valence-corrected chi connectivity index (χ2v) is 9.17. The number of hydrogen-bond donors (Lipinski definition) is 1. The summed E-state index contributed by atoms with van der Waals surface area (Å²) < 4.78 is 5.34. The highest BCUT2D eigenvalue weighted by Gasteiger charge is 2.34. The molecule has 0 radical (unpaired) electrons. The van der Waals surface area contributed by atoms with E-state index in [0.717, 1.165) is 51.6 Å². The third-order valence-electron chi connectivity index (χ3n) is 6.87. The quantitative estimate of drug-likeness (QED) is 0.730. The number of amides is 2. The molecule has 0 aromatic carbocycles. The van der Waals surface area contributed by atoms with Crippen LogP contribution in [0, 0.1) is 11.8 Å². The summed E-state index contributed by atoms with van der Waals surface area (Å²) in [5, 5.41) is 3.30. The minimum absolute atomic E-state index is 0.0374. The van der Waals surface area contributed by atoms with Crippen molar-refractivity contribution in [2.75, 3.05) is 39.4 Å². The van der Waals surface area contributed by atoms with Crippen LogP contribution in [0.3, 0.4) is 0 Å². The molecule has 2 aliphatic heterocycles. The maximum atomic E-state index is 13.0. The zero-order chi connectivity index (χ0) is 22.4. The smallest absolute Gasteiger partial charge is 0.255 e. The molecule has 1 aliphatic carbocycles. The van der Waals surface area contributed by atoms with Gasteiger partial charge in [0, 0.05) is 31.0 Å². The van der Waals surface area contributed by atoms with Crippen LogP contribution in [-0.4, -0.2) is 77.6 Å². The van der Waals surface area contributed by atoms with Crippen molar-refractivity contribution in [1.82, 2.24) is 20.1 Å². The summed E-state index contributed by atoms with van der Waals surface area (Å²) in [5.74, 6) is 6.65. The first-order valence-corrected chi connectivity index (χ1v) is 12.0. The van der Waals surface area contributed by atoms with Gasteiger partial charge in [-0.25, -0.2) is 0 Å². The first kappa shape index (κ1) is 22.8. The SMILES string of the molecule is C[C@H](C(=O)NC1(C#Cc2cncc(C(=O)N3CCOCC3)c2)CCCCC1)N1CCCC1. The van der Waals surface area contributed by atoms with Gasteiger partial charge in [0.25, 0.3) is 5.91 Å². The van der Waals surface area contributed by atoms with Gasteiger partial charge in [-0.1, -0.05) is 31.1 Å². The van der Waals surface area contributed by atoms with Gasteiger partial charge in [0.15, 0.2) is 0 Å². The van der Waals surface area contributed by atoms with E-state index in [1.54, 1.807) is 17.3 Å². The molecule has 3 fully saturated rings. The Bertz CT molecular complexity index is 873. The fourth-order valence-corrected chi connectivity index (χ4v) is 4.84. The Morgan fingerprint density at radius 2 is 1.78 bits per heavy atom. The van der Waals surface area contributed by atoms with Crippen molar-refractivity contribution in [2.24, 2.45) is 0 Å². The minimum Gasteiger partial charge on any atom is -0.378 e. The van der Waals surface area contributed by atoms with Crippen LogP contribution in [0.15, 0.2) is 18.5 Å². The van der Waals surface area contributed by atoms with Crippen molar-refractivity contribution in [1.29, 1.82) is 0 Å². The predicted octanol–water partition coefficient (Wildman–Crippen LogP) is 2.21. The first-order valence-electron chi connectivity index (χ1n) is 12.0. The molecular weight excluding hydrogens is 404 g/mol. The molecule has 1 aromatic rings. The first-order chi connectivity index (χ1) is 15.6. The van der Waals surface area contributed by atoms with Gasteiger partial charge in [-0.3, -0.25) is 19.5 Å². The van der Waals surface area contributed by atoms with E-state index in [1.807, 2.05) is 13.0 Å². The number of nitrogens with one attached hydrogen (secondary N) is 1. The third-order valence-corrected chi connectivity index (χ3v) is 6.87. The molecule has 1 N–H and O–H groups in total. The summed E-state index contributed by atoms with van der Waals surface area (Å²) in [7, 11) is 0. The monoisotopic (exact) mass is 438 g/mol. The predicted molar refractivity (Wildman–Crippen MR) is 122 cm³/mol. The highest BCUT2D eigenvalue weighted by atomic mass is 16.5. The Kier molecular flexibility index (Phi) is 7.44.